The SMILES string of the molecule is O=P([O-])([O-])C(Cl)P(=O)([O-])OCCl.O=P([O-])([O-])C(Cl)P(=O)([O-])OCCl.[Ca+2].[Ca+2].[Ca+2]. The van der Waals surface area contributed by atoms with Crippen LogP contribution in [0.1, 0.15) is 0 Å². The smallest absolute Gasteiger partial charge is 0.809 e. The second-order valence-corrected chi connectivity index (χ2v) is 13.5. The predicted molar refractivity (Wildman–Crippen MR) is 90.6 cm³/mol. The van der Waals surface area contributed by atoms with E-state index in [0.29, 0.717) is 0 Å². The molecule has 0 rings (SSSR count). The second-order valence-electron chi connectivity index (χ2n) is 3.26. The summed E-state index contributed by atoms with van der Waals surface area (Å²) >= 11 is 19.2. The first-order valence-electron chi connectivity index (χ1n) is 4.77. The molecule has 0 bridgehead atoms. The van der Waals surface area contributed by atoms with Gasteiger partial charge in [0.15, 0.2) is 15.2 Å². The van der Waals surface area contributed by atoms with E-state index in [1.165, 1.54) is 0 Å². The molecule has 0 radical (unpaired) electrons. The summed E-state index contributed by atoms with van der Waals surface area (Å²) in [5.74, 6) is 0. The maximum atomic E-state index is 10.6. The van der Waals surface area contributed by atoms with E-state index in [1.807, 2.05) is 0 Å². The van der Waals surface area contributed by atoms with Gasteiger partial charge in [-0.25, -0.2) is 0 Å². The first-order chi connectivity index (χ1) is 10.4. The van der Waals surface area contributed by atoms with E-state index in [4.69, 9.17) is 46.4 Å². The molecule has 0 heterocycles. The summed E-state index contributed by atoms with van der Waals surface area (Å²) in [7, 11) is -20.6. The summed E-state index contributed by atoms with van der Waals surface area (Å²) in [5.41, 5.74) is 0. The van der Waals surface area contributed by atoms with Gasteiger partial charge in [-0.1, -0.05) is 23.2 Å². The molecule has 0 spiro atoms. The van der Waals surface area contributed by atoms with Crippen LogP contribution in [0.15, 0.2) is 0 Å². The average Bonchev–Trinajstić information content (AvgIpc) is 2.35. The van der Waals surface area contributed by atoms with E-state index < -0.39 is 52.2 Å². The van der Waals surface area contributed by atoms with Gasteiger partial charge in [0, 0.05) is 0 Å². The van der Waals surface area contributed by atoms with Crippen LogP contribution in [0.3, 0.4) is 0 Å². The van der Waals surface area contributed by atoms with Crippen LogP contribution in [0, 0.1) is 0 Å². The van der Waals surface area contributed by atoms with Gasteiger partial charge in [0.1, 0.15) is 21.9 Å². The van der Waals surface area contributed by atoms with Crippen molar-refractivity contribution in [1.29, 1.82) is 0 Å². The molecule has 23 heteroatoms. The molecule has 0 aromatic rings. The predicted octanol–water partition coefficient (Wildman–Crippen LogP) is -2.76. The molecule has 27 heavy (non-hydrogen) atoms. The van der Waals surface area contributed by atoms with Crippen molar-refractivity contribution in [3.05, 3.63) is 0 Å². The Morgan fingerprint density at radius 3 is 0.926 bits per heavy atom. The normalized spacial score (nSPS) is 17.9. The van der Waals surface area contributed by atoms with Crippen molar-refractivity contribution in [2.75, 3.05) is 12.1 Å². The van der Waals surface area contributed by atoms with E-state index in [2.05, 4.69) is 9.05 Å². The molecule has 12 nitrogen and oxygen atoms in total. The molecule has 4 unspecified atom stereocenters. The van der Waals surface area contributed by atoms with E-state index in [0.717, 1.165) is 0 Å². The number of rotatable bonds is 8. The van der Waals surface area contributed by atoms with Gasteiger partial charge in [-0.05, 0) is 15.2 Å². The maximum Gasteiger partial charge on any atom is 2.00 e. The van der Waals surface area contributed by atoms with E-state index in [-0.39, 0.29) is 113 Å². The van der Waals surface area contributed by atoms with E-state index in [9.17, 15) is 47.6 Å². The summed E-state index contributed by atoms with van der Waals surface area (Å²) in [6, 6.07) is -1.58. The Balaban J connectivity index is -0.000000108. The fourth-order valence-corrected chi connectivity index (χ4v) is 5.45. The van der Waals surface area contributed by atoms with Gasteiger partial charge < -0.3 is 56.7 Å². The third-order valence-electron chi connectivity index (χ3n) is 1.50. The second kappa shape index (κ2) is 18.8. The van der Waals surface area contributed by atoms with Crippen LogP contribution in [-0.2, 0) is 27.3 Å². The Morgan fingerprint density at radius 1 is 0.630 bits per heavy atom. The molecule has 0 aromatic heterocycles. The molecule has 0 saturated carbocycles. The maximum absolute atomic E-state index is 10.6. The Bertz CT molecular complexity index is 535. The Morgan fingerprint density at radius 2 is 0.815 bits per heavy atom. The molecule has 0 N–H and O–H groups in total. The van der Waals surface area contributed by atoms with Crippen molar-refractivity contribution in [2.45, 2.75) is 9.72 Å². The van der Waals surface area contributed by atoms with Gasteiger partial charge in [0.25, 0.3) is 0 Å². The summed E-state index contributed by atoms with van der Waals surface area (Å²) in [6.07, 6.45) is 0. The molecule has 148 valence electrons. The monoisotopic (exact) mass is 630 g/mol. The molecule has 4 atom stereocenters. The van der Waals surface area contributed by atoms with Crippen LogP contribution in [0.5, 0.6) is 0 Å². The van der Waals surface area contributed by atoms with Crippen molar-refractivity contribution < 1.29 is 56.7 Å². The third kappa shape index (κ3) is 19.5. The van der Waals surface area contributed by atoms with Crippen molar-refractivity contribution in [3.63, 3.8) is 0 Å². The molecule has 0 aromatic carbocycles. The van der Waals surface area contributed by atoms with E-state index >= 15 is 0 Å². The Kier molecular flexibility index (Phi) is 29.7. The van der Waals surface area contributed by atoms with Crippen molar-refractivity contribution >= 4 is 190 Å². The standard InChI is InChI=1S/2C2H6Cl2O6P2.3Ca/c2*3-1-10-12(8,9)2(4)11(5,6)7;;;/h2*2H,1H2,(H,8,9)(H2,5,6,7);;;/q;;3*+2/p-6. The Labute approximate surface area is 263 Å². The molecule has 0 aliphatic rings. The zero-order chi connectivity index (χ0) is 20.0. The van der Waals surface area contributed by atoms with Gasteiger partial charge in [-0.3, -0.25) is 0 Å². The average molecular weight is 632 g/mol. The fraction of sp³-hybridized carbons (Fsp3) is 1.00. The number of hydrogen-bond acceptors (Lipinski definition) is 12. The zero-order valence-corrected chi connectivity index (χ0v) is 26.1. The summed E-state index contributed by atoms with van der Waals surface area (Å²) in [6.45, 7) is 0. The van der Waals surface area contributed by atoms with Gasteiger partial charge in [0.2, 0.25) is 0 Å². The van der Waals surface area contributed by atoms with Gasteiger partial charge in [0.05, 0.1) is 0 Å². The van der Waals surface area contributed by atoms with Crippen LogP contribution in [0.2, 0.25) is 0 Å². The van der Waals surface area contributed by atoms with Crippen molar-refractivity contribution in [2.24, 2.45) is 0 Å². The first-order valence-corrected chi connectivity index (χ1v) is 13.2. The molecule has 0 aliphatic heterocycles. The van der Waals surface area contributed by atoms with Crippen LogP contribution < -0.4 is 29.4 Å². The van der Waals surface area contributed by atoms with Crippen LogP contribution >= 0.6 is 76.8 Å². The first kappa shape index (κ1) is 42.7. The summed E-state index contributed by atoms with van der Waals surface area (Å²) in [4.78, 5) is 56.4. The van der Waals surface area contributed by atoms with Gasteiger partial charge in [-0.2, -0.15) is 0 Å². The van der Waals surface area contributed by atoms with Gasteiger partial charge in [-0.15, -0.1) is 23.2 Å². The van der Waals surface area contributed by atoms with Crippen LogP contribution in [0.25, 0.3) is 0 Å². The Hall–Kier alpha value is 5.54. The third-order valence-corrected chi connectivity index (χ3v) is 11.4. The number of halogens is 4. The quantitative estimate of drug-likeness (QED) is 0.151. The van der Waals surface area contributed by atoms with Crippen LogP contribution in [-0.4, -0.2) is 135 Å². The molecular formula is C4H6Ca3Cl4O12P4. The fourth-order valence-electron chi connectivity index (χ4n) is 0.605. The number of alkyl halides is 4. The van der Waals surface area contributed by atoms with Crippen molar-refractivity contribution in [1.82, 2.24) is 0 Å². The van der Waals surface area contributed by atoms with Gasteiger partial charge >= 0.3 is 113 Å². The molecule has 0 aliphatic carbocycles. The summed E-state index contributed by atoms with van der Waals surface area (Å²) < 4.78 is 48.9. The van der Waals surface area contributed by atoms with Crippen LogP contribution in [0.4, 0.5) is 0 Å². The number of hydrogen-bond donors (Lipinski definition) is 0. The molecule has 0 saturated heterocycles. The zero-order valence-electron chi connectivity index (χ0n) is 12.9. The molecular weight excluding hydrogens is 626 g/mol. The van der Waals surface area contributed by atoms with Crippen molar-refractivity contribution in [3.8, 4) is 0 Å². The minimum absolute atomic E-state index is 0. The minimum Gasteiger partial charge on any atom is -0.809 e. The molecule has 0 fully saturated rings. The topological polar surface area (TPSA) is 225 Å². The van der Waals surface area contributed by atoms with E-state index in [1.54, 1.807) is 0 Å². The molecule has 0 amide bonds. The summed E-state index contributed by atoms with van der Waals surface area (Å²) in [5, 5.41) is 0. The largest absolute Gasteiger partial charge is 2.00 e. The minimum atomic E-state index is -5.40.